The second kappa shape index (κ2) is 6.34. The van der Waals surface area contributed by atoms with Crippen molar-refractivity contribution < 1.29 is 9.53 Å². The Balaban J connectivity index is 1.86. The molecule has 22 heavy (non-hydrogen) atoms. The summed E-state index contributed by atoms with van der Waals surface area (Å²) in [6, 6.07) is 18.6. The lowest BCUT2D eigenvalue weighted by atomic mass is 10.1. The highest BCUT2D eigenvalue weighted by Gasteiger charge is 2.12. The van der Waals surface area contributed by atoms with E-state index < -0.39 is 0 Å². The minimum absolute atomic E-state index is 0.0212. The monoisotopic (exact) mass is 328 g/mol. The number of carbonyl (C=O) groups excluding carboxylic acids is 1. The highest BCUT2D eigenvalue weighted by molar-refractivity contribution is 7.17. The summed E-state index contributed by atoms with van der Waals surface area (Å²) in [5.74, 6) is 0.762. The molecule has 0 N–H and O–H groups in total. The Morgan fingerprint density at radius 2 is 1.64 bits per heavy atom. The second-order valence-electron chi connectivity index (χ2n) is 4.73. The fraction of sp³-hybridized carbons (Fsp3) is 0.0556. The molecular weight excluding hydrogens is 316 g/mol. The van der Waals surface area contributed by atoms with Gasteiger partial charge in [-0.1, -0.05) is 23.7 Å². The van der Waals surface area contributed by atoms with Crippen LogP contribution in [0.3, 0.4) is 0 Å². The molecule has 0 fully saturated rings. The Hall–Kier alpha value is -2.10. The van der Waals surface area contributed by atoms with E-state index in [1.807, 2.05) is 36.4 Å². The summed E-state index contributed by atoms with van der Waals surface area (Å²) in [5, 5.41) is 0.704. The Morgan fingerprint density at radius 1 is 0.955 bits per heavy atom. The molecule has 110 valence electrons. The topological polar surface area (TPSA) is 26.3 Å². The van der Waals surface area contributed by atoms with Crippen molar-refractivity contribution in [3.05, 3.63) is 76.1 Å². The zero-order valence-corrected chi connectivity index (χ0v) is 13.4. The summed E-state index contributed by atoms with van der Waals surface area (Å²) in [4.78, 5) is 14.3. The van der Waals surface area contributed by atoms with Crippen molar-refractivity contribution in [2.75, 3.05) is 7.11 Å². The number of carbonyl (C=O) groups is 1. The predicted molar refractivity (Wildman–Crippen MR) is 91.2 cm³/mol. The largest absolute Gasteiger partial charge is 0.497 e. The molecule has 0 saturated heterocycles. The predicted octanol–water partition coefficient (Wildman–Crippen LogP) is 5.31. The minimum Gasteiger partial charge on any atom is -0.497 e. The molecule has 0 saturated carbocycles. The number of methoxy groups -OCH3 is 1. The number of ketones is 1. The van der Waals surface area contributed by atoms with E-state index in [4.69, 9.17) is 16.3 Å². The van der Waals surface area contributed by atoms with Crippen LogP contribution in [-0.4, -0.2) is 12.9 Å². The van der Waals surface area contributed by atoms with E-state index in [9.17, 15) is 4.79 Å². The summed E-state index contributed by atoms with van der Waals surface area (Å²) in [5.41, 5.74) is 1.72. The van der Waals surface area contributed by atoms with Gasteiger partial charge in [0.25, 0.3) is 0 Å². The molecule has 1 aromatic heterocycles. The van der Waals surface area contributed by atoms with E-state index in [0.29, 0.717) is 10.6 Å². The second-order valence-corrected chi connectivity index (χ2v) is 6.25. The van der Waals surface area contributed by atoms with Gasteiger partial charge in [0, 0.05) is 15.5 Å². The maximum Gasteiger partial charge on any atom is 0.202 e. The normalized spacial score (nSPS) is 10.5. The van der Waals surface area contributed by atoms with Crippen molar-refractivity contribution in [3.63, 3.8) is 0 Å². The third-order valence-electron chi connectivity index (χ3n) is 3.31. The molecule has 2 aromatic carbocycles. The van der Waals surface area contributed by atoms with Crippen LogP contribution >= 0.6 is 22.9 Å². The molecule has 0 unspecified atom stereocenters. The number of thiophene rings is 1. The Bertz CT molecular complexity index is 789. The van der Waals surface area contributed by atoms with Crippen molar-refractivity contribution >= 4 is 28.7 Å². The van der Waals surface area contributed by atoms with Crippen molar-refractivity contribution in [1.82, 2.24) is 0 Å². The van der Waals surface area contributed by atoms with Gasteiger partial charge in [0.15, 0.2) is 0 Å². The average Bonchev–Trinajstić information content (AvgIpc) is 3.05. The summed E-state index contributed by atoms with van der Waals surface area (Å²) in [6.07, 6.45) is 0. The van der Waals surface area contributed by atoms with Crippen LogP contribution in [0.2, 0.25) is 5.02 Å². The van der Waals surface area contributed by atoms with Gasteiger partial charge in [-0.05, 0) is 54.1 Å². The van der Waals surface area contributed by atoms with Crippen LogP contribution in [0.25, 0.3) is 10.4 Å². The van der Waals surface area contributed by atoms with Gasteiger partial charge in [-0.15, -0.1) is 11.3 Å². The van der Waals surface area contributed by atoms with Crippen molar-refractivity contribution in [3.8, 4) is 16.2 Å². The first kappa shape index (κ1) is 14.8. The molecule has 0 radical (unpaired) electrons. The fourth-order valence-electron chi connectivity index (χ4n) is 2.11. The standard InChI is InChI=1S/C18H13ClO2S/c1-21-15-8-4-13(5-9-15)18(20)17-11-10-16(22-17)12-2-6-14(19)7-3-12/h2-11H,1H3. The van der Waals surface area contributed by atoms with Gasteiger partial charge in [-0.3, -0.25) is 4.79 Å². The smallest absolute Gasteiger partial charge is 0.202 e. The summed E-state index contributed by atoms with van der Waals surface area (Å²) < 4.78 is 5.11. The van der Waals surface area contributed by atoms with Crippen LogP contribution in [-0.2, 0) is 0 Å². The summed E-state index contributed by atoms with van der Waals surface area (Å²) in [7, 11) is 1.61. The van der Waals surface area contributed by atoms with E-state index >= 15 is 0 Å². The quantitative estimate of drug-likeness (QED) is 0.607. The summed E-state index contributed by atoms with van der Waals surface area (Å²) >= 11 is 7.38. The zero-order valence-electron chi connectivity index (χ0n) is 11.9. The molecule has 0 bridgehead atoms. The summed E-state index contributed by atoms with van der Waals surface area (Å²) in [6.45, 7) is 0. The SMILES string of the molecule is COc1ccc(C(=O)c2ccc(-c3ccc(Cl)cc3)s2)cc1. The molecule has 0 aliphatic rings. The van der Waals surface area contributed by atoms with E-state index in [1.54, 1.807) is 31.4 Å². The van der Waals surface area contributed by atoms with Crippen LogP contribution in [0.4, 0.5) is 0 Å². The van der Waals surface area contributed by atoms with Crippen LogP contribution in [0, 0.1) is 0 Å². The van der Waals surface area contributed by atoms with Crippen molar-refractivity contribution in [2.45, 2.75) is 0 Å². The number of hydrogen-bond donors (Lipinski definition) is 0. The molecule has 3 rings (SSSR count). The third kappa shape index (κ3) is 3.06. The molecule has 0 spiro atoms. The highest BCUT2D eigenvalue weighted by atomic mass is 35.5. The third-order valence-corrected chi connectivity index (χ3v) is 4.70. The number of rotatable bonds is 4. The minimum atomic E-state index is 0.0212. The van der Waals surface area contributed by atoms with Gasteiger partial charge in [-0.2, -0.15) is 0 Å². The number of ether oxygens (including phenoxy) is 1. The first-order valence-electron chi connectivity index (χ1n) is 6.72. The Labute approximate surface area is 137 Å². The maximum atomic E-state index is 12.5. The molecule has 1 heterocycles. The molecule has 0 aliphatic heterocycles. The van der Waals surface area contributed by atoms with Gasteiger partial charge in [0.1, 0.15) is 5.75 Å². The van der Waals surface area contributed by atoms with Gasteiger partial charge < -0.3 is 4.74 Å². The molecule has 0 amide bonds. The van der Waals surface area contributed by atoms with Crippen LogP contribution < -0.4 is 4.74 Å². The van der Waals surface area contributed by atoms with Gasteiger partial charge in [0.2, 0.25) is 5.78 Å². The van der Waals surface area contributed by atoms with Crippen molar-refractivity contribution in [2.24, 2.45) is 0 Å². The maximum absolute atomic E-state index is 12.5. The molecule has 3 aromatic rings. The number of hydrogen-bond acceptors (Lipinski definition) is 3. The average molecular weight is 329 g/mol. The molecule has 4 heteroatoms. The molecule has 2 nitrogen and oxygen atoms in total. The lowest BCUT2D eigenvalue weighted by molar-refractivity contribution is 0.104. The first-order valence-corrected chi connectivity index (χ1v) is 7.91. The Kier molecular flexibility index (Phi) is 4.27. The Morgan fingerprint density at radius 3 is 2.27 bits per heavy atom. The van der Waals surface area contributed by atoms with Crippen LogP contribution in [0.15, 0.2) is 60.7 Å². The van der Waals surface area contributed by atoms with Gasteiger partial charge in [-0.25, -0.2) is 0 Å². The van der Waals surface area contributed by atoms with E-state index in [2.05, 4.69) is 0 Å². The number of halogens is 1. The van der Waals surface area contributed by atoms with Crippen molar-refractivity contribution in [1.29, 1.82) is 0 Å². The first-order chi connectivity index (χ1) is 10.7. The van der Waals surface area contributed by atoms with Gasteiger partial charge in [0.05, 0.1) is 12.0 Å². The van der Waals surface area contributed by atoms with Crippen LogP contribution in [0.1, 0.15) is 15.2 Å². The lowest BCUT2D eigenvalue weighted by Gasteiger charge is -2.01. The molecular formula is C18H13ClO2S. The zero-order chi connectivity index (χ0) is 15.5. The van der Waals surface area contributed by atoms with Gasteiger partial charge >= 0.3 is 0 Å². The highest BCUT2D eigenvalue weighted by Crippen LogP contribution is 2.30. The fourth-order valence-corrected chi connectivity index (χ4v) is 3.21. The van der Waals surface area contributed by atoms with E-state index in [1.165, 1.54) is 11.3 Å². The molecule has 0 atom stereocenters. The van der Waals surface area contributed by atoms with E-state index in [0.717, 1.165) is 21.1 Å². The number of benzene rings is 2. The lowest BCUT2D eigenvalue weighted by Crippen LogP contribution is -1.98. The van der Waals surface area contributed by atoms with Crippen LogP contribution in [0.5, 0.6) is 5.75 Å². The molecule has 0 aliphatic carbocycles. The van der Waals surface area contributed by atoms with E-state index in [-0.39, 0.29) is 5.78 Å².